The molecule has 5 heteroatoms. The lowest BCUT2D eigenvalue weighted by Crippen LogP contribution is -2.40. The fourth-order valence-corrected chi connectivity index (χ4v) is 3.65. The van der Waals surface area contributed by atoms with Gasteiger partial charge in [-0.1, -0.05) is 40.0 Å². The zero-order valence-corrected chi connectivity index (χ0v) is 16.1. The maximum absolute atomic E-state index is 11.5. The highest BCUT2D eigenvalue weighted by atomic mass is 16.5. The lowest BCUT2D eigenvalue weighted by atomic mass is 9.93. The van der Waals surface area contributed by atoms with E-state index in [9.17, 15) is 4.79 Å². The molecule has 140 valence electrons. The van der Waals surface area contributed by atoms with E-state index in [1.54, 1.807) is 0 Å². The minimum Gasteiger partial charge on any atom is -0.469 e. The predicted octanol–water partition coefficient (Wildman–Crippen LogP) is 4.13. The summed E-state index contributed by atoms with van der Waals surface area (Å²) in [6.45, 7) is 7.44. The zero-order chi connectivity index (χ0) is 18.4. The average molecular weight is 348 g/mol. The van der Waals surface area contributed by atoms with E-state index in [2.05, 4.69) is 18.7 Å². The van der Waals surface area contributed by atoms with Gasteiger partial charge in [0.25, 0.3) is 0 Å². The SMILES string of the molecule is COC(=O)CC(C)c1cnc(N(CC(C)C)C2CCCCC2)c(N)c1. The molecule has 2 rings (SSSR count). The Kier molecular flexibility index (Phi) is 7.09. The Morgan fingerprint density at radius 1 is 1.32 bits per heavy atom. The van der Waals surface area contributed by atoms with Crippen LogP contribution in [0.5, 0.6) is 0 Å². The molecule has 1 unspecified atom stereocenters. The van der Waals surface area contributed by atoms with Gasteiger partial charge in [0.2, 0.25) is 0 Å². The van der Waals surface area contributed by atoms with Crippen LogP contribution in [0.4, 0.5) is 11.5 Å². The first kappa shape index (κ1) is 19.5. The summed E-state index contributed by atoms with van der Waals surface area (Å²) in [5.74, 6) is 1.29. The highest BCUT2D eigenvalue weighted by molar-refractivity contribution is 5.71. The fourth-order valence-electron chi connectivity index (χ4n) is 3.65. The number of rotatable bonds is 7. The summed E-state index contributed by atoms with van der Waals surface area (Å²) in [5.41, 5.74) is 8.08. The Balaban J connectivity index is 2.21. The van der Waals surface area contributed by atoms with Crippen molar-refractivity contribution in [3.63, 3.8) is 0 Å². The van der Waals surface area contributed by atoms with Crippen LogP contribution in [-0.2, 0) is 9.53 Å². The van der Waals surface area contributed by atoms with Crippen LogP contribution in [0.3, 0.4) is 0 Å². The van der Waals surface area contributed by atoms with Crippen molar-refractivity contribution in [2.45, 2.75) is 71.3 Å². The number of pyridine rings is 1. The molecule has 1 heterocycles. The summed E-state index contributed by atoms with van der Waals surface area (Å²) in [7, 11) is 1.42. The molecule has 25 heavy (non-hydrogen) atoms. The first-order valence-electron chi connectivity index (χ1n) is 9.51. The summed E-state index contributed by atoms with van der Waals surface area (Å²) in [4.78, 5) is 18.6. The van der Waals surface area contributed by atoms with Crippen LogP contribution in [0.25, 0.3) is 0 Å². The second-order valence-electron chi connectivity index (χ2n) is 7.70. The zero-order valence-electron chi connectivity index (χ0n) is 16.1. The maximum Gasteiger partial charge on any atom is 0.306 e. The molecule has 0 amide bonds. The number of nitrogen functional groups attached to an aromatic ring is 1. The van der Waals surface area contributed by atoms with E-state index in [4.69, 9.17) is 15.5 Å². The van der Waals surface area contributed by atoms with E-state index in [1.165, 1.54) is 39.2 Å². The first-order chi connectivity index (χ1) is 11.9. The van der Waals surface area contributed by atoms with Crippen LogP contribution >= 0.6 is 0 Å². The maximum atomic E-state index is 11.5. The number of aromatic nitrogens is 1. The summed E-state index contributed by atoms with van der Waals surface area (Å²) in [5, 5.41) is 0. The molecule has 1 aromatic heterocycles. The quantitative estimate of drug-likeness (QED) is 0.751. The molecule has 0 spiro atoms. The van der Waals surface area contributed by atoms with Crippen molar-refractivity contribution in [3.8, 4) is 0 Å². The molecule has 0 radical (unpaired) electrons. The van der Waals surface area contributed by atoms with Gasteiger partial charge in [-0.25, -0.2) is 4.98 Å². The average Bonchev–Trinajstić information content (AvgIpc) is 2.60. The molecule has 5 nitrogen and oxygen atoms in total. The summed E-state index contributed by atoms with van der Waals surface area (Å²) in [6, 6.07) is 2.51. The van der Waals surface area contributed by atoms with Crippen molar-refractivity contribution in [1.29, 1.82) is 0 Å². The van der Waals surface area contributed by atoms with Gasteiger partial charge in [0.15, 0.2) is 5.82 Å². The molecule has 1 aliphatic carbocycles. The Bertz CT molecular complexity index is 568. The van der Waals surface area contributed by atoms with Gasteiger partial charge >= 0.3 is 5.97 Å². The van der Waals surface area contributed by atoms with Gasteiger partial charge in [-0.2, -0.15) is 0 Å². The van der Waals surface area contributed by atoms with Crippen LogP contribution < -0.4 is 10.6 Å². The number of carbonyl (C=O) groups is 1. The minimum absolute atomic E-state index is 0.0459. The van der Waals surface area contributed by atoms with Crippen molar-refractivity contribution in [2.75, 3.05) is 24.3 Å². The van der Waals surface area contributed by atoms with Crippen molar-refractivity contribution < 1.29 is 9.53 Å². The Labute approximate surface area is 151 Å². The highest BCUT2D eigenvalue weighted by Gasteiger charge is 2.25. The van der Waals surface area contributed by atoms with E-state index in [1.807, 2.05) is 19.2 Å². The van der Waals surface area contributed by atoms with Crippen LogP contribution in [0, 0.1) is 5.92 Å². The number of esters is 1. The van der Waals surface area contributed by atoms with E-state index in [-0.39, 0.29) is 11.9 Å². The molecule has 0 aliphatic heterocycles. The van der Waals surface area contributed by atoms with Crippen LogP contribution in [-0.4, -0.2) is 30.6 Å². The van der Waals surface area contributed by atoms with Gasteiger partial charge < -0.3 is 15.4 Å². The van der Waals surface area contributed by atoms with Crippen LogP contribution in [0.1, 0.15) is 70.8 Å². The third-order valence-electron chi connectivity index (χ3n) is 5.04. The normalized spacial score (nSPS) is 16.7. The molecule has 0 bridgehead atoms. The molecular weight excluding hydrogens is 314 g/mol. The molecule has 1 fully saturated rings. The molecule has 1 saturated carbocycles. The monoisotopic (exact) mass is 347 g/mol. The van der Waals surface area contributed by atoms with Crippen molar-refractivity contribution in [3.05, 3.63) is 17.8 Å². The number of ether oxygens (including phenoxy) is 1. The smallest absolute Gasteiger partial charge is 0.306 e. The number of hydrogen-bond acceptors (Lipinski definition) is 5. The standard InChI is InChI=1S/C20H33N3O2/c1-14(2)13-23(17-8-6-5-7-9-17)20-18(21)11-16(12-22-20)15(3)10-19(24)25-4/h11-12,14-15,17H,5-10,13,21H2,1-4H3. The van der Waals surface area contributed by atoms with Gasteiger partial charge in [0.1, 0.15) is 0 Å². The molecule has 1 atom stereocenters. The Hall–Kier alpha value is -1.78. The largest absolute Gasteiger partial charge is 0.469 e. The van der Waals surface area contributed by atoms with E-state index >= 15 is 0 Å². The number of nitrogens with two attached hydrogens (primary N) is 1. The second-order valence-corrected chi connectivity index (χ2v) is 7.70. The molecule has 1 aliphatic rings. The molecule has 2 N–H and O–H groups in total. The van der Waals surface area contributed by atoms with Gasteiger partial charge in [-0.15, -0.1) is 0 Å². The van der Waals surface area contributed by atoms with E-state index in [0.717, 1.165) is 17.9 Å². The van der Waals surface area contributed by atoms with Crippen LogP contribution in [0.2, 0.25) is 0 Å². The summed E-state index contributed by atoms with van der Waals surface area (Å²) >= 11 is 0. The fraction of sp³-hybridized carbons (Fsp3) is 0.700. The Morgan fingerprint density at radius 3 is 2.56 bits per heavy atom. The van der Waals surface area contributed by atoms with Crippen molar-refractivity contribution in [2.24, 2.45) is 5.92 Å². The molecule has 1 aromatic rings. The predicted molar refractivity (Wildman–Crippen MR) is 103 cm³/mol. The van der Waals surface area contributed by atoms with Crippen molar-refractivity contribution >= 4 is 17.5 Å². The summed E-state index contributed by atoms with van der Waals surface area (Å²) in [6.07, 6.45) is 8.55. The van der Waals surface area contributed by atoms with Crippen LogP contribution in [0.15, 0.2) is 12.3 Å². The van der Waals surface area contributed by atoms with Gasteiger partial charge in [-0.3, -0.25) is 4.79 Å². The number of anilines is 2. The van der Waals surface area contributed by atoms with E-state index < -0.39 is 0 Å². The number of nitrogens with zero attached hydrogens (tertiary/aromatic N) is 2. The molecule has 0 saturated heterocycles. The second kappa shape index (κ2) is 9.07. The topological polar surface area (TPSA) is 68.5 Å². The summed E-state index contributed by atoms with van der Waals surface area (Å²) < 4.78 is 4.76. The molecular formula is C20H33N3O2. The number of carbonyl (C=O) groups excluding carboxylic acids is 1. The highest BCUT2D eigenvalue weighted by Crippen LogP contribution is 2.32. The Morgan fingerprint density at radius 2 is 2.00 bits per heavy atom. The van der Waals surface area contributed by atoms with E-state index in [0.29, 0.717) is 24.1 Å². The minimum atomic E-state index is -0.209. The lowest BCUT2D eigenvalue weighted by Gasteiger charge is -2.37. The molecule has 0 aromatic carbocycles. The lowest BCUT2D eigenvalue weighted by molar-refractivity contribution is -0.140. The third kappa shape index (κ3) is 5.35. The van der Waals surface area contributed by atoms with Gasteiger partial charge in [-0.05, 0) is 36.3 Å². The van der Waals surface area contributed by atoms with Gasteiger partial charge in [0, 0.05) is 18.8 Å². The number of hydrogen-bond donors (Lipinski definition) is 1. The van der Waals surface area contributed by atoms with Crippen molar-refractivity contribution in [1.82, 2.24) is 4.98 Å². The third-order valence-corrected chi connectivity index (χ3v) is 5.04. The number of methoxy groups -OCH3 is 1. The first-order valence-corrected chi connectivity index (χ1v) is 9.51. The van der Waals surface area contributed by atoms with Gasteiger partial charge in [0.05, 0.1) is 19.2 Å².